The number of imide groups is 1. The molecule has 1 aromatic rings. The molecule has 16 nitrogen and oxygen atoms in total. The van der Waals surface area contributed by atoms with E-state index >= 15 is 0 Å². The van der Waals surface area contributed by atoms with Crippen molar-refractivity contribution >= 4 is 47.3 Å². The zero-order valence-electron chi connectivity index (χ0n) is 22.9. The third kappa shape index (κ3) is 9.17. The van der Waals surface area contributed by atoms with Crippen molar-refractivity contribution < 1.29 is 63.4 Å². The van der Waals surface area contributed by atoms with E-state index in [9.17, 15) is 49.2 Å². The highest BCUT2D eigenvalue weighted by atomic mass is 16.7. The number of carbonyl (C=O) groups excluding carboxylic acids is 5. The number of carboxylic acids is 1. The number of aliphatic hydroxyl groups excluding tert-OH is 3. The zero-order chi connectivity index (χ0) is 31.7. The van der Waals surface area contributed by atoms with Crippen molar-refractivity contribution in [2.45, 2.75) is 50.5 Å². The van der Waals surface area contributed by atoms with Crippen LogP contribution in [0, 0.1) is 0 Å². The molecule has 2 aliphatic rings. The van der Waals surface area contributed by atoms with Crippen molar-refractivity contribution in [3.63, 3.8) is 0 Å². The summed E-state index contributed by atoms with van der Waals surface area (Å²) in [7, 11) is 0. The number of hydrogen-bond acceptors (Lipinski definition) is 12. The van der Waals surface area contributed by atoms with Crippen molar-refractivity contribution in [2.24, 2.45) is 0 Å². The molecule has 4 amide bonds. The lowest BCUT2D eigenvalue weighted by Crippen LogP contribution is -2.61. The van der Waals surface area contributed by atoms with Crippen LogP contribution in [-0.2, 0) is 38.2 Å². The van der Waals surface area contributed by atoms with Crippen molar-refractivity contribution in [3.8, 4) is 5.75 Å². The average molecular weight is 606 g/mol. The molecule has 1 aromatic carbocycles. The van der Waals surface area contributed by atoms with E-state index in [-0.39, 0.29) is 44.0 Å². The lowest BCUT2D eigenvalue weighted by molar-refractivity contribution is -0.271. The second kappa shape index (κ2) is 15.0. The molecule has 0 aromatic heterocycles. The Morgan fingerprint density at radius 3 is 2.35 bits per heavy atom. The first-order chi connectivity index (χ1) is 20.4. The fourth-order valence-electron chi connectivity index (χ4n) is 3.96. The molecule has 0 radical (unpaired) electrons. The van der Waals surface area contributed by atoms with E-state index in [4.69, 9.17) is 14.2 Å². The molecule has 0 aliphatic carbocycles. The van der Waals surface area contributed by atoms with Crippen molar-refractivity contribution in [1.29, 1.82) is 0 Å². The molecule has 43 heavy (non-hydrogen) atoms. The number of anilines is 1. The summed E-state index contributed by atoms with van der Waals surface area (Å²) >= 11 is 0. The van der Waals surface area contributed by atoms with Gasteiger partial charge in [-0.15, -0.1) is 0 Å². The topological polar surface area (TPSA) is 238 Å². The molecule has 5 atom stereocenters. The van der Waals surface area contributed by atoms with E-state index < -0.39 is 66.3 Å². The molecular weight excluding hydrogens is 574 g/mol. The number of amides is 4. The number of nitrogens with zero attached hydrogens (tertiary/aromatic N) is 1. The largest absolute Gasteiger partial charge is 0.479 e. The Bertz CT molecular complexity index is 1290. The predicted molar refractivity (Wildman–Crippen MR) is 144 cm³/mol. The van der Waals surface area contributed by atoms with Crippen LogP contribution in [0.15, 0.2) is 36.4 Å². The van der Waals surface area contributed by atoms with E-state index in [0.717, 1.165) is 17.1 Å². The molecule has 0 spiro atoms. The Labute approximate surface area is 244 Å². The SMILES string of the molecule is CC(=O)OC/C=C/c1ccc(O[C@@H]2O[C@H](C(=O)O)[C@@H](O)[C@H](O)[C@H]2O)c(NC(=O)CCNC(=O)CCN2C(=O)C=CC2=O)c1. The number of esters is 1. The average Bonchev–Trinajstić information content (AvgIpc) is 3.27. The standard InChI is InChI=1S/C27H31N3O13/c1-14(31)41-12-2-3-15-4-5-17(42-27-24(38)22(36)23(37)25(43-27)26(39)40)16(13-15)29-19(33)8-10-28-18(32)9-11-30-20(34)6-7-21(30)35/h2-7,13,22-25,27,36-38H,8-12H2,1H3,(H,28,32)(H,29,33)(H,39,40)/b3-2+/t22-,23-,24+,25-,27+/m0/s1. The molecule has 1 saturated heterocycles. The summed E-state index contributed by atoms with van der Waals surface area (Å²) in [6.45, 7) is 1.00. The van der Waals surface area contributed by atoms with Gasteiger partial charge in [-0.25, -0.2) is 4.79 Å². The Balaban J connectivity index is 1.66. The van der Waals surface area contributed by atoms with Crippen LogP contribution in [-0.4, -0.2) is 111 Å². The van der Waals surface area contributed by atoms with Gasteiger partial charge in [-0.3, -0.25) is 28.9 Å². The van der Waals surface area contributed by atoms with Gasteiger partial charge in [-0.2, -0.15) is 0 Å². The normalized spacial score (nSPS) is 23.3. The van der Waals surface area contributed by atoms with Gasteiger partial charge in [-0.05, 0) is 23.8 Å². The molecule has 3 rings (SSSR count). The van der Waals surface area contributed by atoms with Gasteiger partial charge in [0, 0.05) is 45.0 Å². The zero-order valence-corrected chi connectivity index (χ0v) is 22.9. The second-order valence-corrected chi connectivity index (χ2v) is 9.37. The van der Waals surface area contributed by atoms with Gasteiger partial charge in [0.1, 0.15) is 30.7 Å². The fourth-order valence-corrected chi connectivity index (χ4v) is 3.96. The van der Waals surface area contributed by atoms with Gasteiger partial charge in [0.05, 0.1) is 5.69 Å². The van der Waals surface area contributed by atoms with Gasteiger partial charge in [-0.1, -0.05) is 12.1 Å². The maximum absolute atomic E-state index is 12.7. The van der Waals surface area contributed by atoms with Crippen LogP contribution in [0.4, 0.5) is 5.69 Å². The Hall–Kier alpha value is -4.64. The van der Waals surface area contributed by atoms with Gasteiger partial charge < -0.3 is 45.3 Å². The summed E-state index contributed by atoms with van der Waals surface area (Å²) in [6, 6.07) is 4.33. The van der Waals surface area contributed by atoms with Crippen LogP contribution >= 0.6 is 0 Å². The first kappa shape index (κ1) is 32.9. The van der Waals surface area contributed by atoms with Gasteiger partial charge >= 0.3 is 11.9 Å². The Kier molecular flexibility index (Phi) is 11.5. The summed E-state index contributed by atoms with van der Waals surface area (Å²) in [6.07, 6.45) is -4.43. The van der Waals surface area contributed by atoms with Crippen LogP contribution in [0.25, 0.3) is 6.08 Å². The monoisotopic (exact) mass is 605 g/mol. The molecule has 2 aliphatic heterocycles. The molecule has 16 heteroatoms. The van der Waals surface area contributed by atoms with Crippen LogP contribution in [0.5, 0.6) is 5.75 Å². The molecule has 0 bridgehead atoms. The van der Waals surface area contributed by atoms with Crippen molar-refractivity contribution in [1.82, 2.24) is 10.2 Å². The number of carbonyl (C=O) groups is 6. The lowest BCUT2D eigenvalue weighted by atomic mass is 9.99. The third-order valence-corrected chi connectivity index (χ3v) is 6.16. The van der Waals surface area contributed by atoms with E-state index in [1.54, 1.807) is 6.08 Å². The minimum atomic E-state index is -1.93. The quantitative estimate of drug-likeness (QED) is 0.109. The smallest absolute Gasteiger partial charge is 0.335 e. The Morgan fingerprint density at radius 2 is 1.70 bits per heavy atom. The van der Waals surface area contributed by atoms with E-state index in [1.807, 2.05) is 0 Å². The minimum absolute atomic E-state index is 0.0233. The number of aliphatic carboxylic acids is 1. The van der Waals surface area contributed by atoms with E-state index in [0.29, 0.717) is 5.56 Å². The molecule has 2 heterocycles. The molecular formula is C27H31N3O13. The number of hydrogen-bond donors (Lipinski definition) is 6. The molecule has 0 unspecified atom stereocenters. The highest BCUT2D eigenvalue weighted by Crippen LogP contribution is 2.31. The third-order valence-electron chi connectivity index (χ3n) is 6.16. The Morgan fingerprint density at radius 1 is 1.00 bits per heavy atom. The number of carboxylic acid groups (broad SMARTS) is 1. The highest BCUT2D eigenvalue weighted by Gasteiger charge is 2.48. The number of aliphatic hydroxyl groups is 3. The van der Waals surface area contributed by atoms with Crippen LogP contribution < -0.4 is 15.4 Å². The summed E-state index contributed by atoms with van der Waals surface area (Å²) in [5.74, 6) is -4.32. The maximum atomic E-state index is 12.7. The highest BCUT2D eigenvalue weighted by molar-refractivity contribution is 6.13. The van der Waals surface area contributed by atoms with Gasteiger partial charge in [0.25, 0.3) is 11.8 Å². The molecule has 1 fully saturated rings. The summed E-state index contributed by atoms with van der Waals surface area (Å²) < 4.78 is 15.6. The molecule has 0 saturated carbocycles. The van der Waals surface area contributed by atoms with Crippen LogP contribution in [0.2, 0.25) is 0 Å². The maximum Gasteiger partial charge on any atom is 0.335 e. The first-order valence-electron chi connectivity index (χ1n) is 13.0. The number of benzene rings is 1. The van der Waals surface area contributed by atoms with Crippen molar-refractivity contribution in [2.75, 3.05) is 25.0 Å². The predicted octanol–water partition coefficient (Wildman–Crippen LogP) is -1.71. The first-order valence-corrected chi connectivity index (χ1v) is 13.0. The van der Waals surface area contributed by atoms with Crippen molar-refractivity contribution in [3.05, 3.63) is 42.0 Å². The summed E-state index contributed by atoms with van der Waals surface area (Å²) in [5, 5.41) is 44.7. The van der Waals surface area contributed by atoms with E-state index in [2.05, 4.69) is 10.6 Å². The van der Waals surface area contributed by atoms with Gasteiger partial charge in [0.2, 0.25) is 18.1 Å². The van der Waals surface area contributed by atoms with E-state index in [1.165, 1.54) is 31.2 Å². The summed E-state index contributed by atoms with van der Waals surface area (Å²) in [4.78, 5) is 71.3. The van der Waals surface area contributed by atoms with Crippen LogP contribution in [0.1, 0.15) is 25.3 Å². The van der Waals surface area contributed by atoms with Crippen LogP contribution in [0.3, 0.4) is 0 Å². The summed E-state index contributed by atoms with van der Waals surface area (Å²) in [5.41, 5.74) is 0.542. The second-order valence-electron chi connectivity index (χ2n) is 9.37. The van der Waals surface area contributed by atoms with Gasteiger partial charge in [0.15, 0.2) is 6.10 Å². The number of ether oxygens (including phenoxy) is 3. The fraction of sp³-hybridized carbons (Fsp3) is 0.407. The minimum Gasteiger partial charge on any atom is -0.479 e. The number of rotatable bonds is 13. The molecule has 232 valence electrons. The lowest BCUT2D eigenvalue weighted by Gasteiger charge is -2.38. The molecule has 6 N–H and O–H groups in total. The number of nitrogens with one attached hydrogen (secondary N) is 2.